The van der Waals surface area contributed by atoms with Crippen molar-refractivity contribution in [3.05, 3.63) is 34.4 Å². The largest absolute Gasteiger partial charge is 0.489 e. The molecule has 2 nitrogen and oxygen atoms in total. The first-order valence-corrected chi connectivity index (χ1v) is 4.99. The summed E-state index contributed by atoms with van der Waals surface area (Å²) in [6, 6.07) is 1.86. The lowest BCUT2D eigenvalue weighted by Gasteiger charge is -2.24. The predicted molar refractivity (Wildman–Crippen MR) is 55.8 cm³/mol. The third-order valence-electron chi connectivity index (χ3n) is 2.71. The maximum Gasteiger partial charge on any atom is 0.228 e. The van der Waals surface area contributed by atoms with Gasteiger partial charge in [0.25, 0.3) is 0 Å². The SMILES string of the molecule is [C-]#[N+]c1c(C)cc2c(c1F)OC(C)CC2. The van der Waals surface area contributed by atoms with Gasteiger partial charge < -0.3 is 4.74 Å². The second kappa shape index (κ2) is 3.54. The molecule has 1 aromatic rings. The van der Waals surface area contributed by atoms with E-state index >= 15 is 0 Å². The molecule has 0 bridgehead atoms. The van der Waals surface area contributed by atoms with Crippen molar-refractivity contribution in [2.24, 2.45) is 0 Å². The van der Waals surface area contributed by atoms with E-state index in [1.54, 1.807) is 6.92 Å². The Labute approximate surface area is 88.5 Å². The van der Waals surface area contributed by atoms with Crippen molar-refractivity contribution in [1.82, 2.24) is 0 Å². The highest BCUT2D eigenvalue weighted by Crippen LogP contribution is 2.37. The second-order valence-electron chi connectivity index (χ2n) is 3.92. The molecule has 1 aliphatic heterocycles. The van der Waals surface area contributed by atoms with E-state index in [1.807, 2.05) is 13.0 Å². The van der Waals surface area contributed by atoms with Gasteiger partial charge in [-0.3, -0.25) is 0 Å². The fourth-order valence-electron chi connectivity index (χ4n) is 1.89. The Morgan fingerprint density at radius 3 is 3.00 bits per heavy atom. The maximum absolute atomic E-state index is 13.9. The summed E-state index contributed by atoms with van der Waals surface area (Å²) in [6.07, 6.45) is 1.77. The number of ether oxygens (including phenoxy) is 1. The fourth-order valence-corrected chi connectivity index (χ4v) is 1.89. The molecule has 1 aromatic carbocycles. The van der Waals surface area contributed by atoms with Gasteiger partial charge in [0.2, 0.25) is 5.69 Å². The molecular formula is C12H12FNO. The molecule has 78 valence electrons. The highest BCUT2D eigenvalue weighted by molar-refractivity contribution is 5.60. The number of halogens is 1. The van der Waals surface area contributed by atoms with E-state index in [0.29, 0.717) is 5.56 Å². The van der Waals surface area contributed by atoms with E-state index in [2.05, 4.69) is 4.85 Å². The highest BCUT2D eigenvalue weighted by Gasteiger charge is 2.23. The molecule has 2 rings (SSSR count). The van der Waals surface area contributed by atoms with Gasteiger partial charge in [-0.2, -0.15) is 0 Å². The van der Waals surface area contributed by atoms with Crippen molar-refractivity contribution in [2.45, 2.75) is 32.8 Å². The number of nitrogens with zero attached hydrogens (tertiary/aromatic N) is 1. The Morgan fingerprint density at radius 1 is 1.60 bits per heavy atom. The van der Waals surface area contributed by atoms with E-state index in [9.17, 15) is 4.39 Å². The minimum absolute atomic E-state index is 0.0355. The number of hydrogen-bond acceptors (Lipinski definition) is 1. The molecule has 3 heteroatoms. The molecule has 0 saturated heterocycles. The van der Waals surface area contributed by atoms with E-state index in [-0.39, 0.29) is 17.5 Å². The summed E-state index contributed by atoms with van der Waals surface area (Å²) in [7, 11) is 0. The molecule has 1 atom stereocenters. The highest BCUT2D eigenvalue weighted by atomic mass is 19.1. The molecule has 1 heterocycles. The van der Waals surface area contributed by atoms with Crippen LogP contribution in [0.4, 0.5) is 10.1 Å². The van der Waals surface area contributed by atoms with Gasteiger partial charge in [0.05, 0.1) is 12.7 Å². The van der Waals surface area contributed by atoms with Crippen LogP contribution in [0.3, 0.4) is 0 Å². The lowest BCUT2D eigenvalue weighted by molar-refractivity contribution is 0.183. The summed E-state index contributed by atoms with van der Waals surface area (Å²) < 4.78 is 19.3. The Morgan fingerprint density at radius 2 is 2.33 bits per heavy atom. The maximum atomic E-state index is 13.9. The van der Waals surface area contributed by atoms with Crippen molar-refractivity contribution in [2.75, 3.05) is 0 Å². The van der Waals surface area contributed by atoms with Gasteiger partial charge in [0, 0.05) is 0 Å². The van der Waals surface area contributed by atoms with Crippen molar-refractivity contribution >= 4 is 5.69 Å². The summed E-state index contributed by atoms with van der Waals surface area (Å²) in [5.41, 5.74) is 1.66. The second-order valence-corrected chi connectivity index (χ2v) is 3.92. The summed E-state index contributed by atoms with van der Waals surface area (Å²) >= 11 is 0. The monoisotopic (exact) mass is 205 g/mol. The van der Waals surface area contributed by atoms with Crippen LogP contribution in [-0.2, 0) is 6.42 Å². The lowest BCUT2D eigenvalue weighted by Crippen LogP contribution is -2.20. The first-order valence-electron chi connectivity index (χ1n) is 4.99. The van der Waals surface area contributed by atoms with Crippen molar-refractivity contribution in [1.29, 1.82) is 0 Å². The molecule has 1 unspecified atom stereocenters. The summed E-state index contributed by atoms with van der Waals surface area (Å²) in [5.74, 6) is -0.211. The van der Waals surface area contributed by atoms with Crippen LogP contribution in [0.5, 0.6) is 5.75 Å². The van der Waals surface area contributed by atoms with Crippen LogP contribution in [0.15, 0.2) is 6.07 Å². The van der Waals surface area contributed by atoms with Gasteiger partial charge in [0.1, 0.15) is 5.75 Å². The summed E-state index contributed by atoms with van der Waals surface area (Å²) in [4.78, 5) is 3.20. The summed E-state index contributed by atoms with van der Waals surface area (Å²) in [6.45, 7) is 10.6. The molecule has 1 aliphatic rings. The van der Waals surface area contributed by atoms with Gasteiger partial charge in [-0.05, 0) is 37.8 Å². The zero-order chi connectivity index (χ0) is 11.0. The molecule has 0 aromatic heterocycles. The number of fused-ring (bicyclic) bond motifs is 1. The van der Waals surface area contributed by atoms with E-state index in [0.717, 1.165) is 18.4 Å². The van der Waals surface area contributed by atoms with E-state index in [1.165, 1.54) is 0 Å². The van der Waals surface area contributed by atoms with Crippen molar-refractivity contribution < 1.29 is 9.13 Å². The molecule has 0 fully saturated rings. The van der Waals surface area contributed by atoms with E-state index < -0.39 is 5.82 Å². The molecule has 15 heavy (non-hydrogen) atoms. The van der Waals surface area contributed by atoms with Crippen molar-refractivity contribution in [3.63, 3.8) is 0 Å². The standard InChI is InChI=1S/C12H12FNO/c1-7-6-9-5-4-8(2)15-12(9)10(13)11(7)14-3/h6,8H,4-5H2,1-2H3. The molecule has 0 saturated carbocycles. The Kier molecular flexibility index (Phi) is 2.36. The number of benzene rings is 1. The smallest absolute Gasteiger partial charge is 0.228 e. The first kappa shape index (κ1) is 9.97. The fraction of sp³-hybridized carbons (Fsp3) is 0.417. The quantitative estimate of drug-likeness (QED) is 0.592. The third kappa shape index (κ3) is 1.56. The molecule has 0 spiro atoms. The Balaban J connectivity index is 2.60. The number of aryl methyl sites for hydroxylation is 2. The number of hydrogen-bond donors (Lipinski definition) is 0. The van der Waals surface area contributed by atoms with Gasteiger partial charge in [-0.1, -0.05) is 6.07 Å². The molecule has 0 amide bonds. The zero-order valence-corrected chi connectivity index (χ0v) is 8.80. The van der Waals surface area contributed by atoms with Crippen LogP contribution in [0.1, 0.15) is 24.5 Å². The van der Waals surface area contributed by atoms with Crippen molar-refractivity contribution in [3.8, 4) is 5.75 Å². The van der Waals surface area contributed by atoms with E-state index in [4.69, 9.17) is 11.3 Å². The molecule has 0 N–H and O–H groups in total. The summed E-state index contributed by atoms with van der Waals surface area (Å²) in [5, 5.41) is 0. The molecule has 0 aliphatic carbocycles. The van der Waals surface area contributed by atoms with Crippen LogP contribution < -0.4 is 4.74 Å². The number of rotatable bonds is 0. The van der Waals surface area contributed by atoms with Gasteiger partial charge in [-0.25, -0.2) is 9.24 Å². The first-order chi connectivity index (χ1) is 7.13. The van der Waals surface area contributed by atoms with Gasteiger partial charge in [0.15, 0.2) is 5.82 Å². The Hall–Kier alpha value is -1.56. The van der Waals surface area contributed by atoms with Crippen LogP contribution in [0.2, 0.25) is 0 Å². The van der Waals surface area contributed by atoms with Gasteiger partial charge in [-0.15, -0.1) is 0 Å². The zero-order valence-electron chi connectivity index (χ0n) is 8.80. The van der Waals surface area contributed by atoms with Crippen LogP contribution >= 0.6 is 0 Å². The average molecular weight is 205 g/mol. The third-order valence-corrected chi connectivity index (χ3v) is 2.71. The molecule has 0 radical (unpaired) electrons. The van der Waals surface area contributed by atoms with Gasteiger partial charge >= 0.3 is 0 Å². The molecular weight excluding hydrogens is 193 g/mol. The van der Waals surface area contributed by atoms with Crippen LogP contribution in [0.25, 0.3) is 4.85 Å². The average Bonchev–Trinajstić information content (AvgIpc) is 2.20. The predicted octanol–water partition coefficient (Wildman–Crippen LogP) is 3.40. The van der Waals surface area contributed by atoms with Crippen LogP contribution in [-0.4, -0.2) is 6.10 Å². The topological polar surface area (TPSA) is 13.6 Å². The lowest BCUT2D eigenvalue weighted by atomic mass is 9.99. The minimum atomic E-state index is -0.494. The normalized spacial score (nSPS) is 18.9. The Bertz CT molecular complexity index is 448. The minimum Gasteiger partial charge on any atom is -0.489 e. The van der Waals surface area contributed by atoms with Crippen LogP contribution in [0, 0.1) is 19.3 Å².